The van der Waals surface area contributed by atoms with Crippen LogP contribution in [0.25, 0.3) is 0 Å². The van der Waals surface area contributed by atoms with Crippen LogP contribution in [0.1, 0.15) is 37.8 Å². The minimum Gasteiger partial charge on any atom is -0.325 e. The molecular weight excluding hydrogens is 328 g/mol. The van der Waals surface area contributed by atoms with E-state index >= 15 is 0 Å². The van der Waals surface area contributed by atoms with Crippen LogP contribution >= 0.6 is 11.8 Å². The first-order valence-electron chi connectivity index (χ1n) is 7.81. The van der Waals surface area contributed by atoms with Gasteiger partial charge >= 0.3 is 0 Å². The van der Waals surface area contributed by atoms with Crippen LogP contribution in [-0.2, 0) is 4.79 Å². The van der Waals surface area contributed by atoms with Gasteiger partial charge < -0.3 is 5.32 Å². The molecule has 1 N–H and O–H groups in total. The van der Waals surface area contributed by atoms with Crippen molar-refractivity contribution in [3.05, 3.63) is 59.2 Å². The van der Waals surface area contributed by atoms with Gasteiger partial charge in [0.2, 0.25) is 5.91 Å². The second kappa shape index (κ2) is 7.79. The predicted octanol–water partition coefficient (Wildman–Crippen LogP) is 5.52. The van der Waals surface area contributed by atoms with Crippen LogP contribution in [0.3, 0.4) is 0 Å². The fraction of sp³-hybridized carbons (Fsp3) is 0.316. The van der Waals surface area contributed by atoms with Gasteiger partial charge in [-0.3, -0.25) is 4.79 Å². The summed E-state index contributed by atoms with van der Waals surface area (Å²) in [7, 11) is 0. The zero-order chi connectivity index (χ0) is 17.9. The number of para-hydroxylation sites is 1. The number of carbonyl (C=O) groups excluding carboxylic acids is 1. The molecule has 128 valence electrons. The van der Waals surface area contributed by atoms with Gasteiger partial charge in [-0.05, 0) is 43.0 Å². The average molecular weight is 349 g/mol. The molecule has 0 heterocycles. The van der Waals surface area contributed by atoms with E-state index in [2.05, 4.69) is 19.2 Å². The van der Waals surface area contributed by atoms with E-state index < -0.39 is 16.9 Å². The normalized spacial score (nSPS) is 12.3. The first-order valence-corrected chi connectivity index (χ1v) is 8.69. The molecule has 2 rings (SSSR count). The molecule has 1 atom stereocenters. The van der Waals surface area contributed by atoms with Gasteiger partial charge in [-0.25, -0.2) is 8.78 Å². The first-order chi connectivity index (χ1) is 11.3. The summed E-state index contributed by atoms with van der Waals surface area (Å²) in [6, 6.07) is 9.27. The van der Waals surface area contributed by atoms with Crippen LogP contribution in [0.2, 0.25) is 0 Å². The van der Waals surface area contributed by atoms with E-state index in [1.54, 1.807) is 6.92 Å². The van der Waals surface area contributed by atoms with Crippen molar-refractivity contribution in [2.24, 2.45) is 0 Å². The maximum absolute atomic E-state index is 13.7. The Kier molecular flexibility index (Phi) is 5.99. The molecule has 0 aliphatic carbocycles. The van der Waals surface area contributed by atoms with Crippen molar-refractivity contribution >= 4 is 23.4 Å². The SMILES string of the molecule is Cc1cccc(C(C)C)c1NC(=O)C(C)Sc1ccc(F)cc1F. The van der Waals surface area contributed by atoms with Crippen molar-refractivity contribution in [3.8, 4) is 0 Å². The predicted molar refractivity (Wildman–Crippen MR) is 95.6 cm³/mol. The van der Waals surface area contributed by atoms with Crippen LogP contribution in [0.4, 0.5) is 14.5 Å². The summed E-state index contributed by atoms with van der Waals surface area (Å²) < 4.78 is 26.7. The Labute approximate surface area is 145 Å². The highest BCUT2D eigenvalue weighted by molar-refractivity contribution is 8.00. The quantitative estimate of drug-likeness (QED) is 0.721. The Bertz CT molecular complexity index is 746. The van der Waals surface area contributed by atoms with Crippen molar-refractivity contribution in [1.29, 1.82) is 0 Å². The second-order valence-corrected chi connectivity index (χ2v) is 7.40. The van der Waals surface area contributed by atoms with Crippen LogP contribution < -0.4 is 5.32 Å². The minimum absolute atomic E-state index is 0.208. The van der Waals surface area contributed by atoms with Gasteiger partial charge in [0.1, 0.15) is 11.6 Å². The number of rotatable bonds is 5. The molecule has 24 heavy (non-hydrogen) atoms. The van der Waals surface area contributed by atoms with Crippen LogP contribution in [0, 0.1) is 18.6 Å². The highest BCUT2D eigenvalue weighted by atomic mass is 32.2. The molecule has 5 heteroatoms. The lowest BCUT2D eigenvalue weighted by Gasteiger charge is -2.18. The zero-order valence-corrected chi connectivity index (χ0v) is 15.0. The minimum atomic E-state index is -0.654. The summed E-state index contributed by atoms with van der Waals surface area (Å²) in [4.78, 5) is 12.8. The molecule has 2 aromatic carbocycles. The van der Waals surface area contributed by atoms with Gasteiger partial charge in [0.05, 0.1) is 5.25 Å². The van der Waals surface area contributed by atoms with Crippen molar-refractivity contribution in [2.45, 2.75) is 43.8 Å². The van der Waals surface area contributed by atoms with E-state index in [0.29, 0.717) is 0 Å². The molecule has 0 aromatic heterocycles. The van der Waals surface area contributed by atoms with Gasteiger partial charge in [-0.2, -0.15) is 0 Å². The molecule has 0 saturated carbocycles. The molecule has 0 aliphatic heterocycles. The molecule has 2 nitrogen and oxygen atoms in total. The summed E-state index contributed by atoms with van der Waals surface area (Å²) in [6.07, 6.45) is 0. The maximum atomic E-state index is 13.7. The lowest BCUT2D eigenvalue weighted by molar-refractivity contribution is -0.115. The molecule has 0 fully saturated rings. The number of anilines is 1. The van der Waals surface area contributed by atoms with Gasteiger partial charge in [0.15, 0.2) is 0 Å². The van der Waals surface area contributed by atoms with E-state index in [0.717, 1.165) is 34.6 Å². The highest BCUT2D eigenvalue weighted by Crippen LogP contribution is 2.30. The Hall–Kier alpha value is -1.88. The largest absolute Gasteiger partial charge is 0.325 e. The highest BCUT2D eigenvalue weighted by Gasteiger charge is 2.19. The second-order valence-electron chi connectivity index (χ2n) is 6.02. The fourth-order valence-electron chi connectivity index (χ4n) is 2.38. The topological polar surface area (TPSA) is 29.1 Å². The molecule has 0 bridgehead atoms. The Morgan fingerprint density at radius 2 is 1.83 bits per heavy atom. The zero-order valence-electron chi connectivity index (χ0n) is 14.2. The smallest absolute Gasteiger partial charge is 0.237 e. The number of carbonyl (C=O) groups is 1. The lowest BCUT2D eigenvalue weighted by Crippen LogP contribution is -2.24. The van der Waals surface area contributed by atoms with Gasteiger partial charge in [-0.1, -0.05) is 32.0 Å². The number of hydrogen-bond donors (Lipinski definition) is 1. The Morgan fingerprint density at radius 1 is 1.12 bits per heavy atom. The summed E-state index contributed by atoms with van der Waals surface area (Å²) in [5.74, 6) is -1.22. The van der Waals surface area contributed by atoms with Gasteiger partial charge in [-0.15, -0.1) is 11.8 Å². The van der Waals surface area contributed by atoms with Crippen molar-refractivity contribution in [1.82, 2.24) is 0 Å². The molecule has 0 saturated heterocycles. The number of amides is 1. The molecule has 0 spiro atoms. The van der Waals surface area contributed by atoms with Crippen LogP contribution in [0.15, 0.2) is 41.3 Å². The Morgan fingerprint density at radius 3 is 2.46 bits per heavy atom. The van der Waals surface area contributed by atoms with Crippen LogP contribution in [-0.4, -0.2) is 11.2 Å². The number of halogens is 2. The molecule has 1 amide bonds. The van der Waals surface area contributed by atoms with E-state index in [1.807, 2.05) is 25.1 Å². The molecule has 0 radical (unpaired) electrons. The molecule has 1 unspecified atom stereocenters. The summed E-state index contributed by atoms with van der Waals surface area (Å²) in [5, 5.41) is 2.45. The number of thioether (sulfide) groups is 1. The van der Waals surface area contributed by atoms with Crippen molar-refractivity contribution < 1.29 is 13.6 Å². The van der Waals surface area contributed by atoms with E-state index in [9.17, 15) is 13.6 Å². The number of aryl methyl sites for hydroxylation is 1. The van der Waals surface area contributed by atoms with Crippen LogP contribution in [0.5, 0.6) is 0 Å². The number of hydrogen-bond acceptors (Lipinski definition) is 2. The van der Waals surface area contributed by atoms with E-state index in [1.165, 1.54) is 12.1 Å². The summed E-state index contributed by atoms with van der Waals surface area (Å²) >= 11 is 1.07. The van der Waals surface area contributed by atoms with Crippen molar-refractivity contribution in [2.75, 3.05) is 5.32 Å². The third kappa shape index (κ3) is 4.35. The maximum Gasteiger partial charge on any atom is 0.237 e. The third-order valence-electron chi connectivity index (χ3n) is 3.74. The fourth-order valence-corrected chi connectivity index (χ4v) is 3.25. The van der Waals surface area contributed by atoms with E-state index in [4.69, 9.17) is 0 Å². The van der Waals surface area contributed by atoms with Crippen molar-refractivity contribution in [3.63, 3.8) is 0 Å². The average Bonchev–Trinajstić information content (AvgIpc) is 2.51. The lowest BCUT2D eigenvalue weighted by atomic mass is 9.98. The van der Waals surface area contributed by atoms with E-state index in [-0.39, 0.29) is 16.7 Å². The number of nitrogens with one attached hydrogen (secondary N) is 1. The van der Waals surface area contributed by atoms with Gasteiger partial charge in [0.25, 0.3) is 0 Å². The molecule has 0 aliphatic rings. The number of benzene rings is 2. The Balaban J connectivity index is 2.15. The molecular formula is C19H21F2NOS. The first kappa shape index (κ1) is 18.5. The molecule has 2 aromatic rings. The summed E-state index contributed by atoms with van der Waals surface area (Å²) in [5.41, 5.74) is 2.86. The summed E-state index contributed by atoms with van der Waals surface area (Å²) in [6.45, 7) is 7.78. The monoisotopic (exact) mass is 349 g/mol. The third-order valence-corrected chi connectivity index (χ3v) is 4.89. The van der Waals surface area contributed by atoms with Gasteiger partial charge in [0, 0.05) is 16.6 Å². The standard InChI is InChI=1S/C19H21F2NOS/c1-11(2)15-7-5-6-12(3)18(15)22-19(23)13(4)24-17-9-8-14(20)10-16(17)21/h5-11,13H,1-4H3,(H,22,23).